The van der Waals surface area contributed by atoms with Gasteiger partial charge in [0.2, 0.25) is 10.0 Å². The van der Waals surface area contributed by atoms with Gasteiger partial charge < -0.3 is 5.11 Å². The van der Waals surface area contributed by atoms with Gasteiger partial charge in [-0.15, -0.1) is 0 Å². The Kier molecular flexibility index (Phi) is 4.42. The maximum Gasteiger partial charge on any atom is 0.321 e. The van der Waals surface area contributed by atoms with Gasteiger partial charge in [-0.1, -0.05) is 12.1 Å². The van der Waals surface area contributed by atoms with Crippen molar-refractivity contribution in [3.05, 3.63) is 35.4 Å². The van der Waals surface area contributed by atoms with Gasteiger partial charge >= 0.3 is 5.97 Å². The van der Waals surface area contributed by atoms with E-state index in [1.54, 1.807) is 18.2 Å². The Bertz CT molecular complexity index is 589. The van der Waals surface area contributed by atoms with Gasteiger partial charge in [-0.05, 0) is 24.6 Å². The molecule has 0 saturated heterocycles. The number of hydrogen-bond acceptors (Lipinski definition) is 4. The monoisotopic (exact) mass is 268 g/mol. The lowest BCUT2D eigenvalue weighted by molar-refractivity contribution is -0.138. The van der Waals surface area contributed by atoms with Crippen molar-refractivity contribution in [1.29, 1.82) is 5.26 Å². The summed E-state index contributed by atoms with van der Waals surface area (Å²) in [5, 5.41) is 17.3. The second kappa shape index (κ2) is 5.62. The van der Waals surface area contributed by atoms with Crippen LogP contribution in [0.25, 0.3) is 0 Å². The summed E-state index contributed by atoms with van der Waals surface area (Å²) in [7, 11) is -3.74. The number of nitrogens with one attached hydrogen (secondary N) is 1. The number of carboxylic acid groups (broad SMARTS) is 1. The zero-order valence-electron chi connectivity index (χ0n) is 9.62. The molecule has 0 heterocycles. The first-order valence-corrected chi connectivity index (χ1v) is 6.71. The third-order valence-electron chi connectivity index (χ3n) is 2.14. The first-order valence-electron chi connectivity index (χ1n) is 5.06. The van der Waals surface area contributed by atoms with Gasteiger partial charge in [-0.25, -0.2) is 13.1 Å². The van der Waals surface area contributed by atoms with Crippen LogP contribution in [0, 0.1) is 11.3 Å². The van der Waals surface area contributed by atoms with Crippen molar-refractivity contribution in [3.8, 4) is 6.07 Å². The molecule has 1 aromatic carbocycles. The number of carboxylic acids is 1. The van der Waals surface area contributed by atoms with Gasteiger partial charge in [0.1, 0.15) is 6.04 Å². The molecule has 0 aliphatic carbocycles. The van der Waals surface area contributed by atoms with Crippen LogP contribution < -0.4 is 4.72 Å². The van der Waals surface area contributed by atoms with Gasteiger partial charge in [0, 0.05) is 0 Å². The van der Waals surface area contributed by atoms with Crippen LogP contribution in [0.1, 0.15) is 18.1 Å². The Morgan fingerprint density at radius 3 is 2.78 bits per heavy atom. The van der Waals surface area contributed by atoms with Gasteiger partial charge in [0.05, 0.1) is 17.4 Å². The minimum Gasteiger partial charge on any atom is -0.480 e. The van der Waals surface area contributed by atoms with Crippen molar-refractivity contribution >= 4 is 16.0 Å². The van der Waals surface area contributed by atoms with Crippen molar-refractivity contribution in [3.63, 3.8) is 0 Å². The highest BCUT2D eigenvalue weighted by Crippen LogP contribution is 2.08. The summed E-state index contributed by atoms with van der Waals surface area (Å²) >= 11 is 0. The minimum atomic E-state index is -3.74. The fourth-order valence-corrected chi connectivity index (χ4v) is 2.65. The molecule has 1 rings (SSSR count). The molecule has 1 unspecified atom stereocenters. The number of carbonyl (C=O) groups is 1. The molecule has 7 heteroatoms. The Morgan fingerprint density at radius 1 is 1.56 bits per heavy atom. The third-order valence-corrected chi connectivity index (χ3v) is 3.57. The number of sulfonamides is 1. The summed E-state index contributed by atoms with van der Waals surface area (Å²) in [6.45, 7) is 1.24. The Labute approximate surface area is 105 Å². The number of rotatable bonds is 5. The number of aliphatic carboxylic acids is 1. The van der Waals surface area contributed by atoms with E-state index < -0.39 is 22.0 Å². The average molecular weight is 268 g/mol. The molecule has 0 fully saturated rings. The zero-order chi connectivity index (χ0) is 13.8. The van der Waals surface area contributed by atoms with Crippen LogP contribution in [-0.2, 0) is 20.6 Å². The molecule has 0 aromatic heterocycles. The minimum absolute atomic E-state index is 0.356. The SMILES string of the molecule is CC(NS(=O)(=O)Cc1cccc(C#N)c1)C(=O)O. The molecule has 0 spiro atoms. The molecule has 0 saturated carbocycles. The van der Waals surface area contributed by atoms with Crippen LogP contribution in [0.3, 0.4) is 0 Å². The van der Waals surface area contributed by atoms with E-state index in [9.17, 15) is 13.2 Å². The topological polar surface area (TPSA) is 107 Å². The molecule has 0 aliphatic rings. The van der Waals surface area contributed by atoms with Crippen molar-refractivity contribution in [2.24, 2.45) is 0 Å². The average Bonchev–Trinajstić information content (AvgIpc) is 2.27. The predicted octanol–water partition coefficient (Wildman–Crippen LogP) is 0.451. The molecular formula is C11H12N2O4S. The fraction of sp³-hybridized carbons (Fsp3) is 0.273. The van der Waals surface area contributed by atoms with Gasteiger partial charge in [-0.2, -0.15) is 5.26 Å². The van der Waals surface area contributed by atoms with Crippen LogP contribution in [0.5, 0.6) is 0 Å². The largest absolute Gasteiger partial charge is 0.480 e. The van der Waals surface area contributed by atoms with E-state index in [2.05, 4.69) is 0 Å². The van der Waals surface area contributed by atoms with Crippen molar-refractivity contribution in [2.45, 2.75) is 18.7 Å². The lowest BCUT2D eigenvalue weighted by atomic mass is 10.2. The predicted molar refractivity (Wildman–Crippen MR) is 64.0 cm³/mol. The number of nitriles is 1. The molecule has 2 N–H and O–H groups in total. The highest BCUT2D eigenvalue weighted by atomic mass is 32.2. The third kappa shape index (κ3) is 4.16. The number of hydrogen-bond donors (Lipinski definition) is 2. The zero-order valence-corrected chi connectivity index (χ0v) is 10.4. The summed E-state index contributed by atoms with van der Waals surface area (Å²) in [6.07, 6.45) is 0. The maximum absolute atomic E-state index is 11.7. The van der Waals surface area contributed by atoms with Crippen LogP contribution >= 0.6 is 0 Å². The summed E-state index contributed by atoms with van der Waals surface area (Å²) < 4.78 is 25.3. The molecule has 6 nitrogen and oxygen atoms in total. The quantitative estimate of drug-likeness (QED) is 0.806. The lowest BCUT2D eigenvalue weighted by Crippen LogP contribution is -2.38. The van der Waals surface area contributed by atoms with Gasteiger partial charge in [0.25, 0.3) is 0 Å². The van der Waals surface area contributed by atoms with Crippen LogP contribution in [0.2, 0.25) is 0 Å². The van der Waals surface area contributed by atoms with E-state index in [1.165, 1.54) is 13.0 Å². The van der Waals surface area contributed by atoms with E-state index in [-0.39, 0.29) is 5.75 Å². The summed E-state index contributed by atoms with van der Waals surface area (Å²) in [4.78, 5) is 10.6. The van der Waals surface area contributed by atoms with E-state index in [0.717, 1.165) is 0 Å². The van der Waals surface area contributed by atoms with Gasteiger partial charge in [0.15, 0.2) is 0 Å². The van der Waals surface area contributed by atoms with E-state index >= 15 is 0 Å². The Morgan fingerprint density at radius 2 is 2.22 bits per heavy atom. The van der Waals surface area contributed by atoms with Crippen LogP contribution in [0.15, 0.2) is 24.3 Å². The van der Waals surface area contributed by atoms with Gasteiger partial charge in [-0.3, -0.25) is 4.79 Å². The van der Waals surface area contributed by atoms with E-state index in [1.807, 2.05) is 10.8 Å². The molecule has 18 heavy (non-hydrogen) atoms. The van der Waals surface area contributed by atoms with E-state index in [4.69, 9.17) is 10.4 Å². The second-order valence-corrected chi connectivity index (χ2v) is 5.50. The highest BCUT2D eigenvalue weighted by molar-refractivity contribution is 7.88. The molecule has 96 valence electrons. The lowest BCUT2D eigenvalue weighted by Gasteiger charge is -2.10. The molecule has 0 aliphatic heterocycles. The molecule has 0 radical (unpaired) electrons. The van der Waals surface area contributed by atoms with Crippen molar-refractivity contribution < 1.29 is 18.3 Å². The van der Waals surface area contributed by atoms with Crippen molar-refractivity contribution in [2.75, 3.05) is 0 Å². The first-order chi connectivity index (χ1) is 8.34. The second-order valence-electron chi connectivity index (χ2n) is 3.75. The molecule has 1 aromatic rings. The number of benzene rings is 1. The molecule has 0 bridgehead atoms. The number of nitrogens with zero attached hydrogens (tertiary/aromatic N) is 1. The van der Waals surface area contributed by atoms with E-state index in [0.29, 0.717) is 11.1 Å². The van der Waals surface area contributed by atoms with Crippen LogP contribution in [-0.4, -0.2) is 25.5 Å². The summed E-state index contributed by atoms with van der Waals surface area (Å²) in [5.74, 6) is -1.61. The molecule has 0 amide bonds. The summed E-state index contributed by atoms with van der Waals surface area (Å²) in [5.41, 5.74) is 0.785. The highest BCUT2D eigenvalue weighted by Gasteiger charge is 2.19. The smallest absolute Gasteiger partial charge is 0.321 e. The maximum atomic E-state index is 11.7. The standard InChI is InChI=1S/C11H12N2O4S/c1-8(11(14)15)13-18(16,17)7-10-4-2-3-9(5-10)6-12/h2-5,8,13H,7H2,1H3,(H,14,15). The molecule has 1 atom stereocenters. The van der Waals surface area contributed by atoms with Crippen molar-refractivity contribution in [1.82, 2.24) is 4.72 Å². The first kappa shape index (κ1) is 14.2. The summed E-state index contributed by atoms with van der Waals surface area (Å²) in [6, 6.07) is 6.86. The van der Waals surface area contributed by atoms with Crippen LogP contribution in [0.4, 0.5) is 0 Å². The molecular weight excluding hydrogens is 256 g/mol. The Balaban J connectivity index is 2.83. The normalized spacial score (nSPS) is 12.7. The Hall–Kier alpha value is -1.91. The fourth-order valence-electron chi connectivity index (χ4n) is 1.31.